The summed E-state index contributed by atoms with van der Waals surface area (Å²) in [5.74, 6) is 1.52. The number of rotatable bonds is 5. The minimum atomic E-state index is -1.93. The molecule has 5 heteroatoms. The highest BCUT2D eigenvalue weighted by Gasteiger charge is 2.39. The molecule has 142 valence electrons. The topological polar surface area (TPSA) is 48.7 Å². The molecule has 0 unspecified atom stereocenters. The molecule has 0 aliphatic rings. The van der Waals surface area contributed by atoms with Crippen LogP contribution in [0.25, 0.3) is 11.0 Å². The van der Waals surface area contributed by atoms with Crippen LogP contribution in [0.2, 0.25) is 18.1 Å². The van der Waals surface area contributed by atoms with Crippen molar-refractivity contribution in [2.45, 2.75) is 45.5 Å². The summed E-state index contributed by atoms with van der Waals surface area (Å²) in [7, 11) is -1.93. The van der Waals surface area contributed by atoms with Crippen molar-refractivity contribution >= 4 is 19.3 Å². The average Bonchev–Trinajstić information content (AvgIpc) is 2.59. The van der Waals surface area contributed by atoms with E-state index in [-0.39, 0.29) is 10.7 Å². The van der Waals surface area contributed by atoms with Crippen molar-refractivity contribution in [2.24, 2.45) is 0 Å². The predicted molar refractivity (Wildman–Crippen MR) is 111 cm³/mol. The van der Waals surface area contributed by atoms with Crippen LogP contribution in [0.3, 0.4) is 0 Å². The van der Waals surface area contributed by atoms with Crippen LogP contribution < -0.4 is 14.8 Å². The van der Waals surface area contributed by atoms with Gasteiger partial charge in [0.1, 0.15) is 23.7 Å². The monoisotopic (exact) mass is 382 g/mol. The molecule has 0 radical (unpaired) electrons. The smallest absolute Gasteiger partial charge is 0.336 e. The molecule has 1 aromatic heterocycles. The van der Waals surface area contributed by atoms with E-state index >= 15 is 0 Å². The Morgan fingerprint density at radius 3 is 2.44 bits per heavy atom. The molecule has 0 saturated carbocycles. The van der Waals surface area contributed by atoms with Gasteiger partial charge in [-0.05, 0) is 42.4 Å². The van der Waals surface area contributed by atoms with Gasteiger partial charge in [-0.2, -0.15) is 0 Å². The molecular formula is C22H26O4Si. The van der Waals surface area contributed by atoms with Gasteiger partial charge in [0, 0.05) is 23.1 Å². The molecule has 0 bridgehead atoms. The Balaban J connectivity index is 1.80. The lowest BCUT2D eigenvalue weighted by atomic mass is 10.2. The molecule has 4 nitrogen and oxygen atoms in total. The third kappa shape index (κ3) is 4.42. The zero-order valence-corrected chi connectivity index (χ0v) is 17.5. The van der Waals surface area contributed by atoms with Gasteiger partial charge in [0.15, 0.2) is 0 Å². The van der Waals surface area contributed by atoms with E-state index in [2.05, 4.69) is 33.9 Å². The van der Waals surface area contributed by atoms with Gasteiger partial charge in [-0.15, -0.1) is 0 Å². The van der Waals surface area contributed by atoms with E-state index in [1.807, 2.05) is 36.4 Å². The van der Waals surface area contributed by atoms with E-state index in [9.17, 15) is 4.79 Å². The minimum Gasteiger partial charge on any atom is -0.543 e. The molecule has 1 heterocycles. The van der Waals surface area contributed by atoms with Gasteiger partial charge in [0.2, 0.25) is 8.32 Å². The van der Waals surface area contributed by atoms with Gasteiger partial charge in [-0.3, -0.25) is 0 Å². The average molecular weight is 383 g/mol. The number of benzene rings is 2. The summed E-state index contributed by atoms with van der Waals surface area (Å²) in [6, 6.07) is 16.6. The van der Waals surface area contributed by atoms with E-state index in [1.54, 1.807) is 12.1 Å². The summed E-state index contributed by atoms with van der Waals surface area (Å²) in [6.07, 6.45) is 0. The highest BCUT2D eigenvalue weighted by Crippen LogP contribution is 2.38. The Labute approximate surface area is 160 Å². The summed E-state index contributed by atoms with van der Waals surface area (Å²) in [6.45, 7) is 11.5. The van der Waals surface area contributed by atoms with Crippen LogP contribution in [0.1, 0.15) is 26.3 Å². The largest absolute Gasteiger partial charge is 0.543 e. The van der Waals surface area contributed by atoms with Crippen molar-refractivity contribution in [3.63, 3.8) is 0 Å². The third-order valence-electron chi connectivity index (χ3n) is 5.13. The van der Waals surface area contributed by atoms with Crippen molar-refractivity contribution in [1.82, 2.24) is 0 Å². The fraction of sp³-hybridized carbons (Fsp3) is 0.318. The molecule has 0 amide bonds. The fourth-order valence-corrected chi connectivity index (χ4v) is 3.50. The quantitative estimate of drug-likeness (QED) is 0.416. The van der Waals surface area contributed by atoms with Crippen molar-refractivity contribution in [1.29, 1.82) is 0 Å². The van der Waals surface area contributed by atoms with E-state index in [0.717, 1.165) is 16.7 Å². The first-order valence-electron chi connectivity index (χ1n) is 9.09. The second-order valence-corrected chi connectivity index (χ2v) is 12.9. The summed E-state index contributed by atoms with van der Waals surface area (Å²) in [5, 5.41) is 0.986. The SMILES string of the molecule is CC(C)(C)[Si](C)(C)Oc1ccccc1COc1ccc2ccc(=O)oc2c1. The van der Waals surface area contributed by atoms with Crippen LogP contribution in [-0.4, -0.2) is 8.32 Å². The Morgan fingerprint density at radius 2 is 1.70 bits per heavy atom. The van der Waals surface area contributed by atoms with Gasteiger partial charge in [0.05, 0.1) is 0 Å². The molecular weight excluding hydrogens is 356 g/mol. The van der Waals surface area contributed by atoms with Crippen molar-refractivity contribution in [2.75, 3.05) is 0 Å². The minimum absolute atomic E-state index is 0.122. The molecule has 0 N–H and O–H groups in total. The van der Waals surface area contributed by atoms with Crippen LogP contribution in [0.15, 0.2) is 63.8 Å². The number of hydrogen-bond acceptors (Lipinski definition) is 4. The van der Waals surface area contributed by atoms with Crippen LogP contribution in [0.5, 0.6) is 11.5 Å². The van der Waals surface area contributed by atoms with Crippen molar-refractivity contribution in [3.8, 4) is 11.5 Å². The lowest BCUT2D eigenvalue weighted by Gasteiger charge is -2.37. The number of hydrogen-bond donors (Lipinski definition) is 0. The van der Waals surface area contributed by atoms with E-state index in [4.69, 9.17) is 13.6 Å². The van der Waals surface area contributed by atoms with Crippen LogP contribution in [0, 0.1) is 0 Å². The van der Waals surface area contributed by atoms with E-state index in [1.165, 1.54) is 6.07 Å². The molecule has 0 atom stereocenters. The number of fused-ring (bicyclic) bond motifs is 1. The van der Waals surface area contributed by atoms with E-state index < -0.39 is 8.32 Å². The summed E-state index contributed by atoms with van der Waals surface area (Å²) in [5.41, 5.74) is 1.15. The maximum Gasteiger partial charge on any atom is 0.336 e. The molecule has 0 fully saturated rings. The van der Waals surface area contributed by atoms with Crippen molar-refractivity contribution in [3.05, 3.63) is 70.6 Å². The molecule has 27 heavy (non-hydrogen) atoms. The van der Waals surface area contributed by atoms with Gasteiger partial charge >= 0.3 is 5.63 Å². The van der Waals surface area contributed by atoms with Gasteiger partial charge in [-0.25, -0.2) is 4.79 Å². The second kappa shape index (κ2) is 7.23. The standard InChI is InChI=1S/C22H26O4Si/c1-22(2,3)27(4,5)26-19-9-7-6-8-17(19)15-24-18-12-10-16-11-13-21(23)25-20(16)14-18/h6-14H,15H2,1-5H3. The van der Waals surface area contributed by atoms with Gasteiger partial charge in [-0.1, -0.05) is 39.0 Å². The Kier molecular flexibility index (Phi) is 5.15. The first-order chi connectivity index (χ1) is 12.7. The first-order valence-corrected chi connectivity index (χ1v) is 12.0. The maximum absolute atomic E-state index is 11.4. The van der Waals surface area contributed by atoms with E-state index in [0.29, 0.717) is 17.9 Å². The predicted octanol–water partition coefficient (Wildman–Crippen LogP) is 5.76. The number of para-hydroxylation sites is 1. The van der Waals surface area contributed by atoms with Crippen LogP contribution in [-0.2, 0) is 6.61 Å². The zero-order valence-electron chi connectivity index (χ0n) is 16.5. The van der Waals surface area contributed by atoms with Crippen LogP contribution in [0.4, 0.5) is 0 Å². The zero-order chi connectivity index (χ0) is 19.7. The molecule has 3 rings (SSSR count). The summed E-state index contributed by atoms with van der Waals surface area (Å²) >= 11 is 0. The fourth-order valence-electron chi connectivity index (χ4n) is 2.44. The number of ether oxygens (including phenoxy) is 1. The molecule has 2 aromatic carbocycles. The molecule has 0 saturated heterocycles. The summed E-state index contributed by atoms with van der Waals surface area (Å²) < 4.78 is 17.7. The molecule has 0 aliphatic carbocycles. The Hall–Kier alpha value is -2.53. The molecule has 0 spiro atoms. The molecule has 0 aliphatic heterocycles. The maximum atomic E-state index is 11.4. The summed E-state index contributed by atoms with van der Waals surface area (Å²) in [4.78, 5) is 11.4. The van der Waals surface area contributed by atoms with Crippen LogP contribution >= 0.6 is 0 Å². The highest BCUT2D eigenvalue weighted by molar-refractivity contribution is 6.74. The van der Waals surface area contributed by atoms with Gasteiger partial charge in [0.25, 0.3) is 0 Å². The van der Waals surface area contributed by atoms with Gasteiger partial charge < -0.3 is 13.6 Å². The second-order valence-electron chi connectivity index (χ2n) is 8.21. The third-order valence-corrected chi connectivity index (χ3v) is 9.48. The lowest BCUT2D eigenvalue weighted by Crippen LogP contribution is -2.44. The molecule has 3 aromatic rings. The Bertz CT molecular complexity index is 999. The Morgan fingerprint density at radius 1 is 1.00 bits per heavy atom. The first kappa shape index (κ1) is 19.2. The normalized spacial score (nSPS) is 12.2. The van der Waals surface area contributed by atoms with Crippen molar-refractivity contribution < 1.29 is 13.6 Å². The highest BCUT2D eigenvalue weighted by atomic mass is 28.4. The lowest BCUT2D eigenvalue weighted by molar-refractivity contribution is 0.301.